The van der Waals surface area contributed by atoms with Gasteiger partial charge >= 0.3 is 0 Å². The number of para-hydroxylation sites is 3. The molecule has 0 amide bonds. The Balaban J connectivity index is 1.42. The molecular weight excluding hydrogens is 400 g/mol. The maximum absolute atomic E-state index is 10.3. The average Bonchev–Trinajstić information content (AvgIpc) is 3.57. The first-order chi connectivity index (χ1) is 15.8. The van der Waals surface area contributed by atoms with Crippen LogP contribution in [-0.4, -0.2) is 20.6 Å². The molecule has 6 rings (SSSR count). The first-order valence-corrected chi connectivity index (χ1v) is 10.5. The maximum atomic E-state index is 10.3. The van der Waals surface area contributed by atoms with E-state index in [4.69, 9.17) is 9.52 Å². The van der Waals surface area contributed by atoms with E-state index in [0.29, 0.717) is 12.2 Å². The van der Waals surface area contributed by atoms with Crippen molar-refractivity contribution in [2.24, 2.45) is 5.10 Å². The lowest BCUT2D eigenvalue weighted by Gasteiger charge is -2.09. The van der Waals surface area contributed by atoms with Gasteiger partial charge in [-0.2, -0.15) is 10.2 Å². The summed E-state index contributed by atoms with van der Waals surface area (Å²) < 4.78 is 8.03. The SMILES string of the molecule is Oc1ccccc1C1=NNC(c2cn(-c3ccccc3)nc2-c2cc3ccccc3o2)C1. The van der Waals surface area contributed by atoms with E-state index in [1.54, 1.807) is 6.07 Å². The van der Waals surface area contributed by atoms with Crippen molar-refractivity contribution in [2.45, 2.75) is 12.5 Å². The number of aromatic nitrogens is 2. The van der Waals surface area contributed by atoms with E-state index < -0.39 is 0 Å². The minimum atomic E-state index is -0.0923. The molecule has 0 saturated carbocycles. The van der Waals surface area contributed by atoms with Gasteiger partial charge in [0.05, 0.1) is 17.4 Å². The second-order valence-corrected chi connectivity index (χ2v) is 7.82. The molecule has 1 aliphatic rings. The number of phenols is 1. The number of hydrazone groups is 1. The number of hydrogen-bond donors (Lipinski definition) is 2. The van der Waals surface area contributed by atoms with Crippen molar-refractivity contribution in [1.29, 1.82) is 0 Å². The van der Waals surface area contributed by atoms with Gasteiger partial charge in [-0.25, -0.2) is 4.68 Å². The Morgan fingerprint density at radius 3 is 2.56 bits per heavy atom. The fourth-order valence-electron chi connectivity index (χ4n) is 4.15. The standard InChI is InChI=1S/C26H20N4O2/c31-23-12-6-5-11-19(23)21-15-22(28-27-21)20-16-30(18-9-2-1-3-10-18)29-26(20)25-14-17-8-4-7-13-24(17)32-25/h1-14,16,22,28,31H,15H2. The molecule has 0 spiro atoms. The van der Waals surface area contributed by atoms with Gasteiger partial charge in [-0.15, -0.1) is 0 Å². The first kappa shape index (κ1) is 18.4. The van der Waals surface area contributed by atoms with Crippen LogP contribution in [0.25, 0.3) is 28.1 Å². The van der Waals surface area contributed by atoms with Crippen LogP contribution in [0.5, 0.6) is 5.75 Å². The summed E-state index contributed by atoms with van der Waals surface area (Å²) in [5.74, 6) is 0.944. The summed E-state index contributed by atoms with van der Waals surface area (Å²) in [6.07, 6.45) is 2.66. The average molecular weight is 420 g/mol. The van der Waals surface area contributed by atoms with Crippen LogP contribution in [0.3, 0.4) is 0 Å². The zero-order chi connectivity index (χ0) is 21.5. The summed E-state index contributed by atoms with van der Waals surface area (Å²) in [5, 5.41) is 20.7. The van der Waals surface area contributed by atoms with Crippen LogP contribution in [0.2, 0.25) is 0 Å². The molecular formula is C26H20N4O2. The van der Waals surface area contributed by atoms with E-state index in [1.165, 1.54) is 0 Å². The summed E-state index contributed by atoms with van der Waals surface area (Å²) in [5.41, 5.74) is 8.35. The number of nitrogens with zero attached hydrogens (tertiary/aromatic N) is 3. The highest BCUT2D eigenvalue weighted by Gasteiger charge is 2.28. The third-order valence-electron chi connectivity index (χ3n) is 5.77. The van der Waals surface area contributed by atoms with Gasteiger partial charge in [0, 0.05) is 29.1 Å². The highest BCUT2D eigenvalue weighted by atomic mass is 16.3. The number of benzene rings is 3. The maximum Gasteiger partial charge on any atom is 0.156 e. The molecule has 2 aromatic heterocycles. The molecule has 1 atom stereocenters. The van der Waals surface area contributed by atoms with Gasteiger partial charge in [-0.3, -0.25) is 0 Å². The summed E-state index contributed by atoms with van der Waals surface area (Å²) in [6.45, 7) is 0. The minimum absolute atomic E-state index is 0.0923. The molecule has 156 valence electrons. The van der Waals surface area contributed by atoms with Crippen molar-refractivity contribution in [3.63, 3.8) is 0 Å². The zero-order valence-electron chi connectivity index (χ0n) is 17.1. The summed E-state index contributed by atoms with van der Waals surface area (Å²) in [6, 6.07) is 27.2. The lowest BCUT2D eigenvalue weighted by atomic mass is 9.98. The van der Waals surface area contributed by atoms with Crippen LogP contribution < -0.4 is 5.43 Å². The molecule has 6 heteroatoms. The van der Waals surface area contributed by atoms with Gasteiger partial charge in [0.2, 0.25) is 0 Å². The van der Waals surface area contributed by atoms with Crippen molar-refractivity contribution < 1.29 is 9.52 Å². The zero-order valence-corrected chi connectivity index (χ0v) is 17.1. The van der Waals surface area contributed by atoms with E-state index in [-0.39, 0.29) is 11.8 Å². The summed E-state index contributed by atoms with van der Waals surface area (Å²) >= 11 is 0. The molecule has 6 nitrogen and oxygen atoms in total. The Kier molecular flexibility index (Phi) is 4.28. The van der Waals surface area contributed by atoms with E-state index >= 15 is 0 Å². The fraction of sp³-hybridized carbons (Fsp3) is 0.0769. The normalized spacial score (nSPS) is 15.6. The van der Waals surface area contributed by atoms with Crippen LogP contribution in [0.1, 0.15) is 23.6 Å². The Bertz CT molecular complexity index is 1420. The Hall–Kier alpha value is -4.32. The lowest BCUT2D eigenvalue weighted by molar-refractivity contribution is 0.474. The molecule has 3 aromatic carbocycles. The smallest absolute Gasteiger partial charge is 0.156 e. The molecule has 5 aromatic rings. The second-order valence-electron chi connectivity index (χ2n) is 7.82. The van der Waals surface area contributed by atoms with Crippen LogP contribution in [0.15, 0.2) is 101 Å². The molecule has 0 saturated heterocycles. The largest absolute Gasteiger partial charge is 0.507 e. The lowest BCUT2D eigenvalue weighted by Crippen LogP contribution is -2.10. The van der Waals surface area contributed by atoms with Crippen molar-refractivity contribution in [2.75, 3.05) is 0 Å². The number of rotatable bonds is 4. The first-order valence-electron chi connectivity index (χ1n) is 10.5. The quantitative estimate of drug-likeness (QED) is 0.407. The minimum Gasteiger partial charge on any atom is -0.507 e. The second kappa shape index (κ2) is 7.42. The molecule has 1 unspecified atom stereocenters. The van der Waals surface area contributed by atoms with E-state index in [2.05, 4.69) is 10.5 Å². The molecule has 0 bridgehead atoms. The van der Waals surface area contributed by atoms with Crippen molar-refractivity contribution >= 4 is 16.7 Å². The van der Waals surface area contributed by atoms with Gasteiger partial charge in [-0.05, 0) is 36.4 Å². The van der Waals surface area contributed by atoms with Crippen LogP contribution in [0.4, 0.5) is 0 Å². The molecule has 0 fully saturated rings. The third-order valence-corrected chi connectivity index (χ3v) is 5.77. The molecule has 3 heterocycles. The number of fused-ring (bicyclic) bond motifs is 1. The molecule has 32 heavy (non-hydrogen) atoms. The number of hydrogen-bond acceptors (Lipinski definition) is 5. The van der Waals surface area contributed by atoms with Gasteiger partial charge < -0.3 is 14.9 Å². The number of phenolic OH excluding ortho intramolecular Hbond substituents is 1. The Morgan fingerprint density at radius 1 is 0.938 bits per heavy atom. The van der Waals surface area contributed by atoms with E-state index in [0.717, 1.165) is 39.2 Å². The molecule has 0 aliphatic carbocycles. The summed E-state index contributed by atoms with van der Waals surface area (Å²) in [4.78, 5) is 0. The van der Waals surface area contributed by atoms with Crippen molar-refractivity contribution in [1.82, 2.24) is 15.2 Å². The van der Waals surface area contributed by atoms with Crippen molar-refractivity contribution in [3.8, 4) is 22.9 Å². The van der Waals surface area contributed by atoms with Crippen LogP contribution >= 0.6 is 0 Å². The predicted molar refractivity (Wildman–Crippen MR) is 124 cm³/mol. The number of aromatic hydroxyl groups is 1. The summed E-state index contributed by atoms with van der Waals surface area (Å²) in [7, 11) is 0. The third kappa shape index (κ3) is 3.13. The number of furan rings is 1. The highest BCUT2D eigenvalue weighted by Crippen LogP contribution is 2.36. The van der Waals surface area contributed by atoms with E-state index in [1.807, 2.05) is 89.7 Å². The van der Waals surface area contributed by atoms with Gasteiger partial charge in [0.25, 0.3) is 0 Å². The van der Waals surface area contributed by atoms with Crippen molar-refractivity contribution in [3.05, 3.63) is 102 Å². The predicted octanol–water partition coefficient (Wildman–Crippen LogP) is 5.43. The molecule has 1 aliphatic heterocycles. The molecule has 0 radical (unpaired) electrons. The van der Waals surface area contributed by atoms with Gasteiger partial charge in [0.15, 0.2) is 5.76 Å². The monoisotopic (exact) mass is 420 g/mol. The fourth-order valence-corrected chi connectivity index (χ4v) is 4.15. The molecule has 2 N–H and O–H groups in total. The Labute approximate surface area is 184 Å². The topological polar surface area (TPSA) is 75.6 Å². The van der Waals surface area contributed by atoms with E-state index in [9.17, 15) is 5.11 Å². The Morgan fingerprint density at radius 2 is 1.72 bits per heavy atom. The van der Waals surface area contributed by atoms with Crippen LogP contribution in [0, 0.1) is 0 Å². The van der Waals surface area contributed by atoms with Gasteiger partial charge in [0.1, 0.15) is 17.0 Å². The van der Waals surface area contributed by atoms with Gasteiger partial charge in [-0.1, -0.05) is 48.5 Å². The highest BCUT2D eigenvalue weighted by molar-refractivity contribution is 6.04. The number of nitrogens with one attached hydrogen (secondary N) is 1. The van der Waals surface area contributed by atoms with Crippen LogP contribution in [-0.2, 0) is 0 Å².